The van der Waals surface area contributed by atoms with E-state index in [9.17, 15) is 14.4 Å². The van der Waals surface area contributed by atoms with Crippen molar-refractivity contribution >= 4 is 22.9 Å². The maximum Gasteiger partial charge on any atom is 0.336 e. The number of nitrogens with zero attached hydrogens (tertiary/aromatic N) is 1. The number of hydrogen-bond donors (Lipinski definition) is 1. The highest BCUT2D eigenvalue weighted by Crippen LogP contribution is 2.34. The molecule has 0 radical (unpaired) electrons. The second kappa shape index (κ2) is 7.11. The third-order valence-electron chi connectivity index (χ3n) is 6.02. The molecular formula is C24H26N2O5. The number of furan rings is 1. The van der Waals surface area contributed by atoms with Crippen LogP contribution in [0, 0.1) is 20.8 Å². The van der Waals surface area contributed by atoms with Crippen molar-refractivity contribution in [1.29, 1.82) is 0 Å². The van der Waals surface area contributed by atoms with Crippen molar-refractivity contribution in [2.75, 3.05) is 0 Å². The minimum absolute atomic E-state index is 0.0289. The zero-order chi connectivity index (χ0) is 22.7. The second-order valence-corrected chi connectivity index (χ2v) is 8.72. The number of fused-ring (bicyclic) bond motifs is 1. The van der Waals surface area contributed by atoms with E-state index in [1.165, 1.54) is 6.07 Å². The van der Waals surface area contributed by atoms with Gasteiger partial charge in [0, 0.05) is 17.0 Å². The van der Waals surface area contributed by atoms with Crippen LogP contribution >= 0.6 is 0 Å². The third kappa shape index (κ3) is 3.34. The Morgan fingerprint density at radius 2 is 1.74 bits per heavy atom. The first-order valence-electron chi connectivity index (χ1n) is 10.3. The summed E-state index contributed by atoms with van der Waals surface area (Å²) in [6.07, 6.45) is 0. The van der Waals surface area contributed by atoms with Crippen molar-refractivity contribution in [3.63, 3.8) is 0 Å². The molecule has 4 rings (SSSR count). The van der Waals surface area contributed by atoms with Gasteiger partial charge in [0.15, 0.2) is 0 Å². The number of nitrogens with one attached hydrogen (secondary N) is 1. The molecule has 1 aliphatic rings. The Hall–Kier alpha value is -3.35. The molecule has 31 heavy (non-hydrogen) atoms. The molecule has 1 fully saturated rings. The number of carbonyl (C=O) groups is 2. The average molecular weight is 422 g/mol. The maximum absolute atomic E-state index is 13.4. The molecular weight excluding hydrogens is 396 g/mol. The highest BCUT2D eigenvalue weighted by atomic mass is 16.4. The normalized spacial score (nSPS) is 19.0. The highest BCUT2D eigenvalue weighted by Gasteiger charge is 2.50. The molecule has 2 aromatic heterocycles. The van der Waals surface area contributed by atoms with Gasteiger partial charge in [-0.15, -0.1) is 0 Å². The molecule has 3 aromatic rings. The SMILES string of the molecule is Cc1cc([C@]2(C)NC(=O)N(Cc3cc(=O)oc4cc(C)c(C(C)C)cc34)C2=O)c(C)o1. The quantitative estimate of drug-likeness (QED) is 0.497. The van der Waals surface area contributed by atoms with Gasteiger partial charge in [0.2, 0.25) is 0 Å². The molecule has 0 aliphatic carbocycles. The van der Waals surface area contributed by atoms with Crippen LogP contribution in [0.4, 0.5) is 4.79 Å². The molecule has 1 N–H and O–H groups in total. The summed E-state index contributed by atoms with van der Waals surface area (Å²) in [5, 5.41) is 3.52. The van der Waals surface area contributed by atoms with Gasteiger partial charge in [-0.3, -0.25) is 9.69 Å². The van der Waals surface area contributed by atoms with E-state index < -0.39 is 17.2 Å². The molecule has 3 heterocycles. The van der Waals surface area contributed by atoms with Crippen LogP contribution in [-0.2, 0) is 16.9 Å². The van der Waals surface area contributed by atoms with E-state index in [1.807, 2.05) is 19.1 Å². The number of hydrogen-bond acceptors (Lipinski definition) is 5. The van der Waals surface area contributed by atoms with E-state index in [0.717, 1.165) is 21.4 Å². The van der Waals surface area contributed by atoms with Gasteiger partial charge in [-0.1, -0.05) is 13.8 Å². The van der Waals surface area contributed by atoms with Gasteiger partial charge in [0.05, 0.1) is 6.54 Å². The Labute approximate surface area is 180 Å². The van der Waals surface area contributed by atoms with Crippen LogP contribution in [-0.4, -0.2) is 16.8 Å². The summed E-state index contributed by atoms with van der Waals surface area (Å²) in [5.74, 6) is 1.13. The lowest BCUT2D eigenvalue weighted by molar-refractivity contribution is -0.131. The third-order valence-corrected chi connectivity index (χ3v) is 6.02. The molecule has 0 bridgehead atoms. The molecule has 1 atom stereocenters. The molecule has 3 amide bonds. The smallest absolute Gasteiger partial charge is 0.336 e. The topological polar surface area (TPSA) is 92.8 Å². The molecule has 1 aromatic carbocycles. The molecule has 162 valence electrons. The number of aryl methyl sites for hydroxylation is 3. The van der Waals surface area contributed by atoms with Crippen molar-refractivity contribution in [1.82, 2.24) is 10.2 Å². The van der Waals surface area contributed by atoms with Gasteiger partial charge < -0.3 is 14.2 Å². The summed E-state index contributed by atoms with van der Waals surface area (Å²) < 4.78 is 11.0. The van der Waals surface area contributed by atoms with Gasteiger partial charge in [-0.25, -0.2) is 9.59 Å². The Balaban J connectivity index is 1.78. The number of rotatable bonds is 4. The Morgan fingerprint density at radius 3 is 2.35 bits per heavy atom. The van der Waals surface area contributed by atoms with E-state index in [2.05, 4.69) is 19.2 Å². The van der Waals surface area contributed by atoms with E-state index in [0.29, 0.717) is 28.2 Å². The summed E-state index contributed by atoms with van der Waals surface area (Å²) in [5.41, 5.74) is 2.04. The van der Waals surface area contributed by atoms with Crippen LogP contribution in [0.25, 0.3) is 11.0 Å². The van der Waals surface area contributed by atoms with Crippen molar-refractivity contribution < 1.29 is 18.4 Å². The highest BCUT2D eigenvalue weighted by molar-refractivity contribution is 6.07. The van der Waals surface area contributed by atoms with Crippen LogP contribution in [0.15, 0.2) is 37.9 Å². The van der Waals surface area contributed by atoms with Crippen LogP contribution in [0.5, 0.6) is 0 Å². The second-order valence-electron chi connectivity index (χ2n) is 8.72. The van der Waals surface area contributed by atoms with Crippen LogP contribution < -0.4 is 10.9 Å². The van der Waals surface area contributed by atoms with Crippen LogP contribution in [0.1, 0.15) is 60.5 Å². The van der Waals surface area contributed by atoms with Crippen LogP contribution in [0.3, 0.4) is 0 Å². The molecule has 0 saturated carbocycles. The van der Waals surface area contributed by atoms with E-state index >= 15 is 0 Å². The number of carbonyl (C=O) groups excluding carboxylic acids is 2. The lowest BCUT2D eigenvalue weighted by atomic mass is 9.92. The first kappa shape index (κ1) is 20.9. The molecule has 7 nitrogen and oxygen atoms in total. The summed E-state index contributed by atoms with van der Waals surface area (Å²) in [6, 6.07) is 6.42. The number of benzene rings is 1. The van der Waals surface area contributed by atoms with Gasteiger partial charge in [-0.2, -0.15) is 0 Å². The number of urea groups is 1. The first-order valence-corrected chi connectivity index (χ1v) is 10.3. The maximum atomic E-state index is 13.4. The van der Waals surface area contributed by atoms with Gasteiger partial charge in [0.25, 0.3) is 5.91 Å². The zero-order valence-electron chi connectivity index (χ0n) is 18.6. The van der Waals surface area contributed by atoms with Crippen molar-refractivity contribution in [2.45, 2.75) is 59.5 Å². The molecule has 7 heteroatoms. The van der Waals surface area contributed by atoms with Crippen molar-refractivity contribution in [3.8, 4) is 0 Å². The predicted molar refractivity (Wildman–Crippen MR) is 116 cm³/mol. The fourth-order valence-electron chi connectivity index (χ4n) is 4.46. The largest absolute Gasteiger partial charge is 0.466 e. The standard InChI is InChI=1S/C24H26N2O5/c1-12(2)17-10-18-16(9-21(27)31-20(18)7-13(17)3)11-26-22(28)24(6,25-23(26)29)19-8-14(4)30-15(19)5/h7-10,12H,11H2,1-6H3,(H,25,29)/t24-/m0/s1. The lowest BCUT2D eigenvalue weighted by Crippen LogP contribution is -2.41. The van der Waals surface area contributed by atoms with Gasteiger partial charge >= 0.3 is 11.7 Å². The van der Waals surface area contributed by atoms with Crippen molar-refractivity contribution in [2.24, 2.45) is 0 Å². The fourth-order valence-corrected chi connectivity index (χ4v) is 4.46. The zero-order valence-corrected chi connectivity index (χ0v) is 18.6. The lowest BCUT2D eigenvalue weighted by Gasteiger charge is -2.21. The van der Waals surface area contributed by atoms with E-state index in [-0.39, 0.29) is 18.4 Å². The van der Waals surface area contributed by atoms with Crippen LogP contribution in [0.2, 0.25) is 0 Å². The minimum atomic E-state index is -1.23. The predicted octanol–water partition coefficient (Wildman–Crippen LogP) is 4.40. The Morgan fingerprint density at radius 1 is 1.03 bits per heavy atom. The summed E-state index contributed by atoms with van der Waals surface area (Å²) in [6.45, 7) is 11.3. The summed E-state index contributed by atoms with van der Waals surface area (Å²) in [7, 11) is 0. The van der Waals surface area contributed by atoms with Gasteiger partial charge in [-0.05, 0) is 68.5 Å². The Kier molecular flexibility index (Phi) is 4.80. The molecule has 0 spiro atoms. The monoisotopic (exact) mass is 422 g/mol. The summed E-state index contributed by atoms with van der Waals surface area (Å²) in [4.78, 5) is 39.5. The summed E-state index contributed by atoms with van der Waals surface area (Å²) >= 11 is 0. The van der Waals surface area contributed by atoms with E-state index in [4.69, 9.17) is 8.83 Å². The molecule has 1 aliphatic heterocycles. The number of amides is 3. The first-order chi connectivity index (χ1) is 14.5. The number of imide groups is 1. The van der Waals surface area contributed by atoms with Crippen molar-refractivity contribution in [3.05, 3.63) is 68.5 Å². The van der Waals surface area contributed by atoms with E-state index in [1.54, 1.807) is 26.8 Å². The Bertz CT molecular complexity index is 1280. The van der Waals surface area contributed by atoms with Gasteiger partial charge in [0.1, 0.15) is 22.6 Å². The molecule has 0 unspecified atom stereocenters. The minimum Gasteiger partial charge on any atom is -0.466 e. The average Bonchev–Trinajstić information content (AvgIpc) is 3.12. The molecule has 1 saturated heterocycles. The fraction of sp³-hybridized carbons (Fsp3) is 0.375.